The van der Waals surface area contributed by atoms with Crippen LogP contribution >= 0.6 is 0 Å². The summed E-state index contributed by atoms with van der Waals surface area (Å²) in [4.78, 5) is 0. The smallest absolute Gasteiger partial charge is 0.0612 e. The highest BCUT2D eigenvalue weighted by molar-refractivity contribution is 4.80. The lowest BCUT2D eigenvalue weighted by Crippen LogP contribution is -1.81. The van der Waals surface area contributed by atoms with Crippen LogP contribution in [0.15, 0.2) is 12.2 Å². The second kappa shape index (κ2) is 13.7. The predicted octanol–water partition coefficient (Wildman–Crippen LogP) is 4.46. The van der Waals surface area contributed by atoms with Crippen molar-refractivity contribution in [3.05, 3.63) is 12.2 Å². The zero-order valence-corrected chi connectivity index (χ0v) is 10.4. The molecule has 15 heavy (non-hydrogen) atoms. The van der Waals surface area contributed by atoms with Gasteiger partial charge in [0, 0.05) is 0 Å². The van der Waals surface area contributed by atoms with Crippen LogP contribution in [0.4, 0.5) is 0 Å². The molecule has 0 bridgehead atoms. The van der Waals surface area contributed by atoms with Crippen LogP contribution in [-0.2, 0) is 0 Å². The Morgan fingerprint density at radius 1 is 0.733 bits per heavy atom. The first-order valence-electron chi connectivity index (χ1n) is 6.67. The van der Waals surface area contributed by atoms with E-state index in [0.717, 1.165) is 6.42 Å². The summed E-state index contributed by atoms with van der Waals surface area (Å²) in [5.41, 5.74) is 0. The first-order valence-corrected chi connectivity index (χ1v) is 6.67. The van der Waals surface area contributed by atoms with E-state index in [0.29, 0.717) is 0 Å². The summed E-state index contributed by atoms with van der Waals surface area (Å²) in [6.07, 6.45) is 17.5. The monoisotopic (exact) mass is 212 g/mol. The van der Waals surface area contributed by atoms with Gasteiger partial charge in [0.25, 0.3) is 0 Å². The molecular formula is C14H28O. The second-order valence-corrected chi connectivity index (χ2v) is 4.27. The minimum Gasteiger partial charge on any atom is -0.392 e. The minimum absolute atomic E-state index is 0.192. The maximum Gasteiger partial charge on any atom is 0.0612 e. The Hall–Kier alpha value is -0.300. The highest BCUT2D eigenvalue weighted by Crippen LogP contribution is 2.10. The molecule has 0 aliphatic heterocycles. The van der Waals surface area contributed by atoms with Crippen LogP contribution in [0, 0.1) is 0 Å². The summed E-state index contributed by atoms with van der Waals surface area (Å²) in [5.74, 6) is 0. The van der Waals surface area contributed by atoms with Crippen molar-refractivity contribution in [2.45, 2.75) is 71.1 Å². The molecule has 0 unspecified atom stereocenters. The highest BCUT2D eigenvalue weighted by atomic mass is 16.2. The summed E-state index contributed by atoms with van der Waals surface area (Å²) in [6, 6.07) is 0. The Morgan fingerprint density at radius 3 is 1.80 bits per heavy atom. The van der Waals surface area contributed by atoms with Crippen LogP contribution < -0.4 is 0 Å². The van der Waals surface area contributed by atoms with Crippen molar-refractivity contribution in [3.8, 4) is 0 Å². The minimum atomic E-state index is 0.192. The van der Waals surface area contributed by atoms with E-state index in [4.69, 9.17) is 5.11 Å². The molecule has 0 rings (SSSR count). The Kier molecular flexibility index (Phi) is 13.4. The molecule has 0 radical (unpaired) electrons. The normalized spacial score (nSPS) is 11.3. The molecule has 1 nitrogen and oxygen atoms in total. The summed E-state index contributed by atoms with van der Waals surface area (Å²) in [6.45, 7) is 2.46. The van der Waals surface area contributed by atoms with Gasteiger partial charge in [-0.1, -0.05) is 70.4 Å². The molecule has 0 fully saturated rings. The molecule has 0 spiro atoms. The molecule has 1 N–H and O–H groups in total. The lowest BCUT2D eigenvalue weighted by Gasteiger charge is -2.00. The van der Waals surface area contributed by atoms with Crippen molar-refractivity contribution in [1.82, 2.24) is 0 Å². The number of aliphatic hydroxyl groups excluding tert-OH is 1. The van der Waals surface area contributed by atoms with Crippen LogP contribution in [0.3, 0.4) is 0 Å². The molecule has 0 aromatic heterocycles. The first-order chi connectivity index (χ1) is 7.41. The van der Waals surface area contributed by atoms with E-state index in [1.54, 1.807) is 0 Å². The molecule has 0 atom stereocenters. The van der Waals surface area contributed by atoms with E-state index < -0.39 is 0 Å². The van der Waals surface area contributed by atoms with E-state index in [1.165, 1.54) is 57.8 Å². The van der Waals surface area contributed by atoms with Crippen LogP contribution in [0.2, 0.25) is 0 Å². The third-order valence-corrected chi connectivity index (χ3v) is 2.75. The topological polar surface area (TPSA) is 20.2 Å². The number of unbranched alkanes of at least 4 members (excludes halogenated alkanes) is 9. The molecular weight excluding hydrogens is 184 g/mol. The van der Waals surface area contributed by atoms with Gasteiger partial charge in [-0.15, -0.1) is 0 Å². The van der Waals surface area contributed by atoms with E-state index in [2.05, 4.69) is 13.0 Å². The Bertz CT molecular complexity index is 129. The second-order valence-electron chi connectivity index (χ2n) is 4.27. The van der Waals surface area contributed by atoms with Gasteiger partial charge in [0.05, 0.1) is 6.61 Å². The predicted molar refractivity (Wildman–Crippen MR) is 68.1 cm³/mol. The average molecular weight is 212 g/mol. The number of allylic oxidation sites excluding steroid dienone is 1. The van der Waals surface area contributed by atoms with E-state index in [-0.39, 0.29) is 6.61 Å². The number of hydrogen-bond acceptors (Lipinski definition) is 1. The SMILES string of the molecule is CCCCCCCCCCC/C=C/CO. The van der Waals surface area contributed by atoms with E-state index >= 15 is 0 Å². The summed E-state index contributed by atoms with van der Waals surface area (Å²) < 4.78 is 0. The fourth-order valence-electron chi connectivity index (χ4n) is 1.77. The number of hydrogen-bond donors (Lipinski definition) is 1. The fourth-order valence-corrected chi connectivity index (χ4v) is 1.77. The Labute approximate surface area is 95.6 Å². The molecule has 0 saturated carbocycles. The molecule has 0 amide bonds. The maximum absolute atomic E-state index is 8.52. The quantitative estimate of drug-likeness (QED) is 0.396. The van der Waals surface area contributed by atoms with Crippen LogP contribution in [0.25, 0.3) is 0 Å². The molecule has 1 heteroatoms. The van der Waals surface area contributed by atoms with Crippen LogP contribution in [0.1, 0.15) is 71.1 Å². The van der Waals surface area contributed by atoms with Crippen molar-refractivity contribution >= 4 is 0 Å². The van der Waals surface area contributed by atoms with Crippen molar-refractivity contribution < 1.29 is 5.11 Å². The van der Waals surface area contributed by atoms with Crippen LogP contribution in [-0.4, -0.2) is 11.7 Å². The fraction of sp³-hybridized carbons (Fsp3) is 0.857. The molecule has 0 aromatic rings. The van der Waals surface area contributed by atoms with Crippen LogP contribution in [0.5, 0.6) is 0 Å². The van der Waals surface area contributed by atoms with Gasteiger partial charge in [-0.25, -0.2) is 0 Å². The molecule has 0 heterocycles. The van der Waals surface area contributed by atoms with E-state index in [9.17, 15) is 0 Å². The van der Waals surface area contributed by atoms with Gasteiger partial charge in [0.2, 0.25) is 0 Å². The van der Waals surface area contributed by atoms with Gasteiger partial charge in [0.15, 0.2) is 0 Å². The molecule has 0 aliphatic rings. The van der Waals surface area contributed by atoms with Crippen molar-refractivity contribution in [3.63, 3.8) is 0 Å². The number of rotatable bonds is 11. The Balaban J connectivity index is 2.89. The van der Waals surface area contributed by atoms with Gasteiger partial charge in [-0.3, -0.25) is 0 Å². The molecule has 0 saturated heterocycles. The molecule has 0 aliphatic carbocycles. The maximum atomic E-state index is 8.52. The average Bonchev–Trinajstić information content (AvgIpc) is 2.26. The van der Waals surface area contributed by atoms with Crippen molar-refractivity contribution in [1.29, 1.82) is 0 Å². The molecule has 0 aromatic carbocycles. The largest absolute Gasteiger partial charge is 0.392 e. The Morgan fingerprint density at radius 2 is 1.27 bits per heavy atom. The van der Waals surface area contributed by atoms with Gasteiger partial charge >= 0.3 is 0 Å². The van der Waals surface area contributed by atoms with Gasteiger partial charge in [0.1, 0.15) is 0 Å². The van der Waals surface area contributed by atoms with E-state index in [1.807, 2.05) is 6.08 Å². The van der Waals surface area contributed by atoms with Crippen molar-refractivity contribution in [2.24, 2.45) is 0 Å². The van der Waals surface area contributed by atoms with Gasteiger partial charge in [-0.2, -0.15) is 0 Å². The summed E-state index contributed by atoms with van der Waals surface area (Å²) in [7, 11) is 0. The lowest BCUT2D eigenvalue weighted by molar-refractivity contribution is 0.342. The summed E-state index contributed by atoms with van der Waals surface area (Å²) >= 11 is 0. The molecule has 90 valence electrons. The number of aliphatic hydroxyl groups is 1. The first kappa shape index (κ1) is 14.7. The third-order valence-electron chi connectivity index (χ3n) is 2.75. The zero-order valence-electron chi connectivity index (χ0n) is 10.4. The third kappa shape index (κ3) is 13.7. The van der Waals surface area contributed by atoms with Gasteiger partial charge in [-0.05, 0) is 12.8 Å². The van der Waals surface area contributed by atoms with Gasteiger partial charge < -0.3 is 5.11 Å². The zero-order chi connectivity index (χ0) is 11.2. The lowest BCUT2D eigenvalue weighted by atomic mass is 10.1. The standard InChI is InChI=1S/C14H28O/c1-2-3-4-5-6-7-8-9-10-11-12-13-14-15/h12-13,15H,2-11,14H2,1H3/b13-12+. The highest BCUT2D eigenvalue weighted by Gasteiger charge is 1.90. The summed E-state index contributed by atoms with van der Waals surface area (Å²) in [5, 5.41) is 8.52. The van der Waals surface area contributed by atoms with Crippen molar-refractivity contribution in [2.75, 3.05) is 6.61 Å².